The summed E-state index contributed by atoms with van der Waals surface area (Å²) in [4.78, 5) is 10.3. The summed E-state index contributed by atoms with van der Waals surface area (Å²) in [6, 6.07) is 7.31. The van der Waals surface area contributed by atoms with Crippen molar-refractivity contribution in [1.82, 2.24) is 9.97 Å². The number of ether oxygens (including phenoxy) is 1. The van der Waals surface area contributed by atoms with Crippen molar-refractivity contribution in [3.8, 4) is 0 Å². The normalized spacial score (nSPS) is 18.8. The zero-order valence-electron chi connectivity index (χ0n) is 11.2. The zero-order chi connectivity index (χ0) is 14.8. The lowest BCUT2D eigenvalue weighted by molar-refractivity contribution is 0.0395. The molecule has 1 fully saturated rings. The van der Waals surface area contributed by atoms with Crippen LogP contribution in [-0.2, 0) is 4.74 Å². The average molecular weight is 325 g/mol. The molecule has 0 aliphatic carbocycles. The molecule has 1 aromatic heterocycles. The van der Waals surface area contributed by atoms with Crippen LogP contribution in [0.2, 0.25) is 10.0 Å². The number of nitrogen functional groups attached to an aromatic ring is 1. The Morgan fingerprint density at radius 3 is 2.81 bits per heavy atom. The van der Waals surface area contributed by atoms with Gasteiger partial charge in [-0.25, -0.2) is 9.97 Å². The van der Waals surface area contributed by atoms with Gasteiger partial charge in [0, 0.05) is 19.2 Å². The number of hydrogen-bond donors (Lipinski definition) is 1. The lowest BCUT2D eigenvalue weighted by Crippen LogP contribution is -2.38. The first-order chi connectivity index (χ1) is 10.1. The maximum Gasteiger partial charge on any atom is 0.134 e. The fourth-order valence-corrected chi connectivity index (χ4v) is 2.61. The van der Waals surface area contributed by atoms with Crippen molar-refractivity contribution in [2.75, 3.05) is 30.3 Å². The van der Waals surface area contributed by atoms with E-state index in [2.05, 4.69) is 14.9 Å². The van der Waals surface area contributed by atoms with E-state index in [9.17, 15) is 0 Å². The molecule has 1 unspecified atom stereocenters. The van der Waals surface area contributed by atoms with Crippen LogP contribution in [0.15, 0.2) is 30.6 Å². The zero-order valence-corrected chi connectivity index (χ0v) is 12.7. The number of halogens is 2. The summed E-state index contributed by atoms with van der Waals surface area (Å²) in [7, 11) is 0. The average Bonchev–Trinajstić information content (AvgIpc) is 2.50. The number of nitrogens with two attached hydrogens (primary N) is 1. The highest BCUT2D eigenvalue weighted by Gasteiger charge is 2.23. The van der Waals surface area contributed by atoms with Crippen LogP contribution in [0.3, 0.4) is 0 Å². The predicted octanol–water partition coefficient (Wildman–Crippen LogP) is 2.94. The molecule has 0 spiro atoms. The topological polar surface area (TPSA) is 64.3 Å². The van der Waals surface area contributed by atoms with Gasteiger partial charge in [0.25, 0.3) is 0 Å². The van der Waals surface area contributed by atoms with Crippen LogP contribution in [0, 0.1) is 0 Å². The molecule has 7 heteroatoms. The van der Waals surface area contributed by atoms with E-state index in [1.54, 1.807) is 12.1 Å². The lowest BCUT2D eigenvalue weighted by Gasteiger charge is -2.34. The second-order valence-corrected chi connectivity index (χ2v) is 5.59. The first-order valence-corrected chi connectivity index (χ1v) is 7.28. The molecule has 5 nitrogen and oxygen atoms in total. The van der Waals surface area contributed by atoms with Crippen LogP contribution in [-0.4, -0.2) is 29.7 Å². The second-order valence-electron chi connectivity index (χ2n) is 4.78. The van der Waals surface area contributed by atoms with Gasteiger partial charge in [-0.15, -0.1) is 0 Å². The Hall–Kier alpha value is -1.56. The quantitative estimate of drug-likeness (QED) is 0.920. The number of morpholine rings is 1. The van der Waals surface area contributed by atoms with E-state index in [0.29, 0.717) is 29.0 Å². The molecule has 0 amide bonds. The second kappa shape index (κ2) is 6.05. The Kier molecular flexibility index (Phi) is 4.14. The van der Waals surface area contributed by atoms with Crippen molar-refractivity contribution in [1.29, 1.82) is 0 Å². The van der Waals surface area contributed by atoms with Gasteiger partial charge < -0.3 is 15.4 Å². The lowest BCUT2D eigenvalue weighted by atomic mass is 10.1. The summed E-state index contributed by atoms with van der Waals surface area (Å²) < 4.78 is 5.82. The van der Waals surface area contributed by atoms with Crippen LogP contribution in [0.5, 0.6) is 0 Å². The fraction of sp³-hybridized carbons (Fsp3) is 0.286. The Balaban J connectivity index is 1.80. The maximum absolute atomic E-state index is 6.07. The highest BCUT2D eigenvalue weighted by molar-refractivity contribution is 6.42. The smallest absolute Gasteiger partial charge is 0.134 e. The third-order valence-electron chi connectivity index (χ3n) is 3.38. The predicted molar refractivity (Wildman–Crippen MR) is 83.8 cm³/mol. The van der Waals surface area contributed by atoms with Gasteiger partial charge in [0.15, 0.2) is 0 Å². The molecule has 0 bridgehead atoms. The molecule has 1 aliphatic heterocycles. The number of aromatic nitrogens is 2. The van der Waals surface area contributed by atoms with Crippen LogP contribution in [0.25, 0.3) is 0 Å². The molecular formula is C14H14Cl2N4O. The van der Waals surface area contributed by atoms with Crippen LogP contribution in [0.4, 0.5) is 11.6 Å². The molecule has 2 aromatic rings. The minimum atomic E-state index is -0.0790. The monoisotopic (exact) mass is 324 g/mol. The van der Waals surface area contributed by atoms with Crippen LogP contribution >= 0.6 is 23.2 Å². The van der Waals surface area contributed by atoms with Crippen LogP contribution in [0.1, 0.15) is 11.7 Å². The van der Waals surface area contributed by atoms with E-state index in [0.717, 1.165) is 17.9 Å². The largest absolute Gasteiger partial charge is 0.384 e. The number of hydrogen-bond acceptors (Lipinski definition) is 5. The Morgan fingerprint density at radius 1 is 1.19 bits per heavy atom. The van der Waals surface area contributed by atoms with Crippen molar-refractivity contribution in [2.24, 2.45) is 0 Å². The third kappa shape index (κ3) is 3.20. The van der Waals surface area contributed by atoms with E-state index in [-0.39, 0.29) is 6.10 Å². The van der Waals surface area contributed by atoms with Gasteiger partial charge in [0.05, 0.1) is 16.7 Å². The molecule has 1 atom stereocenters. The first-order valence-electron chi connectivity index (χ1n) is 6.52. The number of anilines is 2. The van der Waals surface area contributed by atoms with Crippen molar-refractivity contribution in [2.45, 2.75) is 6.10 Å². The van der Waals surface area contributed by atoms with Crippen LogP contribution < -0.4 is 10.6 Å². The Labute approximate surface area is 132 Å². The van der Waals surface area contributed by atoms with E-state index >= 15 is 0 Å². The van der Waals surface area contributed by atoms with Gasteiger partial charge in [-0.3, -0.25) is 0 Å². The first kappa shape index (κ1) is 14.4. The summed E-state index contributed by atoms with van der Waals surface area (Å²) in [6.07, 6.45) is 1.39. The van der Waals surface area contributed by atoms with Gasteiger partial charge >= 0.3 is 0 Å². The van der Waals surface area contributed by atoms with E-state index in [4.69, 9.17) is 33.7 Å². The maximum atomic E-state index is 6.07. The van der Waals surface area contributed by atoms with E-state index in [1.165, 1.54) is 6.33 Å². The van der Waals surface area contributed by atoms with Gasteiger partial charge in [-0.05, 0) is 17.7 Å². The van der Waals surface area contributed by atoms with Crippen molar-refractivity contribution < 1.29 is 4.74 Å². The molecule has 0 saturated carbocycles. The Bertz CT molecular complexity index is 653. The van der Waals surface area contributed by atoms with E-state index < -0.39 is 0 Å². The van der Waals surface area contributed by atoms with Crippen molar-refractivity contribution >= 4 is 34.8 Å². The molecule has 110 valence electrons. The number of benzene rings is 1. The summed E-state index contributed by atoms with van der Waals surface area (Å²) in [5, 5.41) is 1.07. The summed E-state index contributed by atoms with van der Waals surface area (Å²) >= 11 is 12.0. The molecule has 1 aromatic carbocycles. The molecule has 21 heavy (non-hydrogen) atoms. The van der Waals surface area contributed by atoms with Crippen molar-refractivity contribution in [3.63, 3.8) is 0 Å². The molecule has 2 N–H and O–H groups in total. The molecular weight excluding hydrogens is 311 g/mol. The van der Waals surface area contributed by atoms with Gasteiger partial charge in [0.1, 0.15) is 24.1 Å². The number of nitrogens with zero attached hydrogens (tertiary/aromatic N) is 3. The van der Waals surface area contributed by atoms with Gasteiger partial charge in [0.2, 0.25) is 0 Å². The number of rotatable bonds is 2. The highest BCUT2D eigenvalue weighted by atomic mass is 35.5. The molecule has 1 aliphatic rings. The van der Waals surface area contributed by atoms with Gasteiger partial charge in [-0.1, -0.05) is 29.3 Å². The molecule has 2 heterocycles. The van der Waals surface area contributed by atoms with Gasteiger partial charge in [-0.2, -0.15) is 0 Å². The Morgan fingerprint density at radius 2 is 2.05 bits per heavy atom. The van der Waals surface area contributed by atoms with Crippen molar-refractivity contribution in [3.05, 3.63) is 46.2 Å². The fourth-order valence-electron chi connectivity index (χ4n) is 2.31. The molecule has 0 radical (unpaired) electrons. The summed E-state index contributed by atoms with van der Waals surface area (Å²) in [6.45, 7) is 2.04. The SMILES string of the molecule is Nc1cc(N2CCOC(c3ccc(Cl)c(Cl)c3)C2)ncn1. The highest BCUT2D eigenvalue weighted by Crippen LogP contribution is 2.30. The standard InChI is InChI=1S/C14H14Cl2N4O/c15-10-2-1-9(5-11(10)16)12-7-20(3-4-21-12)14-6-13(17)18-8-19-14/h1-2,5-6,8,12H,3-4,7H2,(H2,17,18,19). The molecule has 1 saturated heterocycles. The summed E-state index contributed by atoms with van der Waals surface area (Å²) in [5.74, 6) is 1.26. The minimum absolute atomic E-state index is 0.0790. The molecule has 3 rings (SSSR count). The van der Waals surface area contributed by atoms with E-state index in [1.807, 2.05) is 12.1 Å². The minimum Gasteiger partial charge on any atom is -0.384 e. The summed E-state index contributed by atoms with van der Waals surface area (Å²) in [5.41, 5.74) is 6.70. The third-order valence-corrected chi connectivity index (χ3v) is 4.12.